The van der Waals surface area contributed by atoms with Crippen molar-refractivity contribution < 1.29 is 19.1 Å². The monoisotopic (exact) mass is 477 g/mol. The average molecular weight is 478 g/mol. The molecule has 2 aromatic carbocycles. The lowest BCUT2D eigenvalue weighted by Crippen LogP contribution is -2.38. The van der Waals surface area contributed by atoms with E-state index in [1.165, 1.54) is 24.4 Å². The molecule has 2 aliphatic rings. The molecule has 1 amide bonds. The van der Waals surface area contributed by atoms with Gasteiger partial charge in [-0.2, -0.15) is 0 Å². The van der Waals surface area contributed by atoms with Gasteiger partial charge in [-0.05, 0) is 42.0 Å². The molecule has 4 rings (SSSR count). The largest absolute Gasteiger partial charge is 0.497 e. The fourth-order valence-corrected chi connectivity index (χ4v) is 5.05. The molecule has 2 aliphatic heterocycles. The van der Waals surface area contributed by atoms with Crippen molar-refractivity contribution >= 4 is 28.8 Å². The van der Waals surface area contributed by atoms with E-state index >= 15 is 0 Å². The second kappa shape index (κ2) is 10.6. The van der Waals surface area contributed by atoms with Crippen LogP contribution < -0.4 is 10.1 Å². The molecule has 0 bridgehead atoms. The Morgan fingerprint density at radius 2 is 1.91 bits per heavy atom. The van der Waals surface area contributed by atoms with E-state index in [1.54, 1.807) is 14.0 Å². The van der Waals surface area contributed by atoms with Gasteiger partial charge in [0.1, 0.15) is 5.75 Å². The van der Waals surface area contributed by atoms with Gasteiger partial charge >= 0.3 is 5.97 Å². The Kier molecular flexibility index (Phi) is 7.37. The lowest BCUT2D eigenvalue weighted by Gasteiger charge is -2.36. The second-order valence-electron chi connectivity index (χ2n) is 7.92. The summed E-state index contributed by atoms with van der Waals surface area (Å²) in [5, 5.41) is 5.65. The maximum absolute atomic E-state index is 12.8. The highest BCUT2D eigenvalue weighted by Gasteiger charge is 2.41. The number of allylic oxidation sites excluding steroid dienone is 1. The summed E-state index contributed by atoms with van der Waals surface area (Å²) in [7, 11) is 2.96. The summed E-state index contributed by atoms with van der Waals surface area (Å²) in [6.07, 6.45) is 0.937. The summed E-state index contributed by atoms with van der Waals surface area (Å²) in [5.74, 6) is 0.149. The van der Waals surface area contributed by atoms with Gasteiger partial charge in [0, 0.05) is 12.2 Å². The Hall–Kier alpha value is -3.52. The molecule has 0 radical (unpaired) electrons. The Labute approximate surface area is 203 Å². The Balaban J connectivity index is 1.56. The van der Waals surface area contributed by atoms with E-state index in [1.807, 2.05) is 64.9 Å². The highest BCUT2D eigenvalue weighted by Crippen LogP contribution is 2.45. The summed E-state index contributed by atoms with van der Waals surface area (Å²) in [5.41, 5.74) is 3.84. The molecule has 7 nitrogen and oxygen atoms in total. The van der Waals surface area contributed by atoms with Gasteiger partial charge in [-0.1, -0.05) is 54.2 Å². The van der Waals surface area contributed by atoms with Crippen LogP contribution in [0.3, 0.4) is 0 Å². The van der Waals surface area contributed by atoms with Gasteiger partial charge in [0.15, 0.2) is 5.17 Å². The van der Waals surface area contributed by atoms with E-state index in [9.17, 15) is 9.59 Å². The number of carbonyl (C=O) groups is 2. The third kappa shape index (κ3) is 5.02. The summed E-state index contributed by atoms with van der Waals surface area (Å²) < 4.78 is 10.5. The molecule has 0 fully saturated rings. The summed E-state index contributed by atoms with van der Waals surface area (Å²) >= 11 is 1.45. The van der Waals surface area contributed by atoms with Gasteiger partial charge < -0.3 is 19.7 Å². The molecule has 0 aliphatic carbocycles. The smallest absolute Gasteiger partial charge is 0.338 e. The third-order valence-electron chi connectivity index (χ3n) is 5.74. The zero-order valence-corrected chi connectivity index (χ0v) is 20.2. The number of thioether (sulfide) groups is 1. The number of hydrogen-bond acceptors (Lipinski definition) is 7. The number of fused-ring (bicyclic) bond motifs is 1. The van der Waals surface area contributed by atoms with Gasteiger partial charge in [0.2, 0.25) is 5.91 Å². The number of amides is 1. The predicted molar refractivity (Wildman–Crippen MR) is 133 cm³/mol. The SMILES string of the molecule is COC(=O)C1=C(C)N=C2SC=C(CC(=O)NCCc3ccccc3)N2[C@@H]1c1cccc(OC)c1. The van der Waals surface area contributed by atoms with Crippen molar-refractivity contribution in [3.8, 4) is 5.75 Å². The van der Waals surface area contributed by atoms with Crippen LogP contribution >= 0.6 is 11.8 Å². The minimum absolute atomic E-state index is 0.0840. The molecule has 0 aromatic heterocycles. The molecule has 34 heavy (non-hydrogen) atoms. The lowest BCUT2D eigenvalue weighted by molar-refractivity contribution is -0.136. The number of nitrogens with zero attached hydrogens (tertiary/aromatic N) is 2. The van der Waals surface area contributed by atoms with E-state index in [4.69, 9.17) is 9.47 Å². The normalized spacial score (nSPS) is 17.0. The van der Waals surface area contributed by atoms with Gasteiger partial charge in [0.05, 0.1) is 38.0 Å². The zero-order chi connectivity index (χ0) is 24.1. The van der Waals surface area contributed by atoms with Crippen LogP contribution in [0.5, 0.6) is 5.75 Å². The van der Waals surface area contributed by atoms with E-state index in [2.05, 4.69) is 10.3 Å². The third-order valence-corrected chi connectivity index (χ3v) is 6.62. The van der Waals surface area contributed by atoms with Crippen molar-refractivity contribution in [2.75, 3.05) is 20.8 Å². The van der Waals surface area contributed by atoms with Crippen LogP contribution in [0.4, 0.5) is 0 Å². The second-order valence-corrected chi connectivity index (χ2v) is 8.76. The van der Waals surface area contributed by atoms with Crippen molar-refractivity contribution in [1.29, 1.82) is 0 Å². The lowest BCUT2D eigenvalue weighted by atomic mass is 9.93. The molecular formula is C26H27N3O4S. The van der Waals surface area contributed by atoms with Crippen LogP contribution in [0.1, 0.15) is 30.5 Å². The maximum Gasteiger partial charge on any atom is 0.338 e. The molecule has 1 atom stereocenters. The minimum atomic E-state index is -0.478. The first-order valence-corrected chi connectivity index (χ1v) is 11.9. The van der Waals surface area contributed by atoms with Crippen LogP contribution in [0.15, 0.2) is 82.0 Å². The Bertz CT molecular complexity index is 1170. The number of methoxy groups -OCH3 is 2. The molecule has 0 saturated carbocycles. The van der Waals surface area contributed by atoms with Crippen LogP contribution in [0.2, 0.25) is 0 Å². The van der Waals surface area contributed by atoms with Crippen molar-refractivity contribution in [3.63, 3.8) is 0 Å². The van der Waals surface area contributed by atoms with Gasteiger partial charge in [-0.25, -0.2) is 9.79 Å². The highest BCUT2D eigenvalue weighted by atomic mass is 32.2. The number of rotatable bonds is 8. The molecule has 0 unspecified atom stereocenters. The maximum atomic E-state index is 12.8. The molecule has 1 N–H and O–H groups in total. The van der Waals surface area contributed by atoms with Gasteiger partial charge in [0.25, 0.3) is 0 Å². The molecule has 2 aromatic rings. The van der Waals surface area contributed by atoms with Crippen molar-refractivity contribution in [3.05, 3.63) is 88.1 Å². The van der Waals surface area contributed by atoms with Crippen molar-refractivity contribution in [2.24, 2.45) is 4.99 Å². The van der Waals surface area contributed by atoms with Gasteiger partial charge in [-0.3, -0.25) is 4.79 Å². The summed E-state index contributed by atoms with van der Waals surface area (Å²) in [6, 6.07) is 17.1. The first-order valence-electron chi connectivity index (χ1n) is 11.0. The quantitative estimate of drug-likeness (QED) is 0.575. The average Bonchev–Trinajstić information content (AvgIpc) is 3.25. The summed E-state index contributed by atoms with van der Waals surface area (Å²) in [4.78, 5) is 32.2. The molecule has 2 heterocycles. The number of amidine groups is 1. The molecule has 0 saturated heterocycles. The number of ether oxygens (including phenoxy) is 2. The molecule has 0 spiro atoms. The van der Waals surface area contributed by atoms with E-state index in [-0.39, 0.29) is 12.3 Å². The van der Waals surface area contributed by atoms with Crippen LogP contribution in [-0.2, 0) is 20.7 Å². The highest BCUT2D eigenvalue weighted by molar-refractivity contribution is 8.16. The van der Waals surface area contributed by atoms with E-state index in [0.717, 1.165) is 22.8 Å². The van der Waals surface area contributed by atoms with Crippen molar-refractivity contribution in [1.82, 2.24) is 10.2 Å². The van der Waals surface area contributed by atoms with Crippen LogP contribution in [-0.4, -0.2) is 42.7 Å². The Morgan fingerprint density at radius 3 is 2.65 bits per heavy atom. The Morgan fingerprint density at radius 1 is 1.12 bits per heavy atom. The first kappa shape index (κ1) is 23.6. The molecule has 176 valence electrons. The minimum Gasteiger partial charge on any atom is -0.497 e. The number of hydrogen-bond donors (Lipinski definition) is 1. The number of esters is 1. The fourth-order valence-electron chi connectivity index (χ4n) is 4.09. The fraction of sp³-hybridized carbons (Fsp3) is 0.269. The predicted octanol–water partition coefficient (Wildman–Crippen LogP) is 4.19. The summed E-state index contributed by atoms with van der Waals surface area (Å²) in [6.45, 7) is 2.36. The first-order chi connectivity index (χ1) is 16.5. The number of aliphatic imine (C=N–C) groups is 1. The van der Waals surface area contributed by atoms with Crippen molar-refractivity contribution in [2.45, 2.75) is 25.8 Å². The molecule has 8 heteroatoms. The zero-order valence-electron chi connectivity index (χ0n) is 19.4. The number of nitrogens with one attached hydrogen (secondary N) is 1. The molecular weight excluding hydrogens is 450 g/mol. The van der Waals surface area contributed by atoms with Crippen LogP contribution in [0.25, 0.3) is 0 Å². The number of benzene rings is 2. The van der Waals surface area contributed by atoms with E-state index < -0.39 is 12.0 Å². The van der Waals surface area contributed by atoms with Crippen LogP contribution in [0, 0.1) is 0 Å². The number of carbonyl (C=O) groups excluding carboxylic acids is 2. The van der Waals surface area contributed by atoms with E-state index in [0.29, 0.717) is 23.6 Å². The van der Waals surface area contributed by atoms with Gasteiger partial charge in [-0.15, -0.1) is 0 Å². The topological polar surface area (TPSA) is 80.2 Å². The standard InChI is InChI=1S/C26H27N3O4S/c1-17-23(25(31)33-3)24(19-10-7-11-21(14-19)32-2)29-20(16-34-26(29)28-17)15-22(30)27-13-12-18-8-5-4-6-9-18/h4-11,14,16,24H,12-13,15H2,1-3H3,(H,27,30)/t24-/m1/s1.